The Balaban J connectivity index is 1.57. The molecule has 0 spiro atoms. The van der Waals surface area contributed by atoms with Gasteiger partial charge in [-0.25, -0.2) is 14.0 Å². The Morgan fingerprint density at radius 1 is 1.43 bits per heavy atom. The summed E-state index contributed by atoms with van der Waals surface area (Å²) in [7, 11) is 0. The van der Waals surface area contributed by atoms with Crippen molar-refractivity contribution in [1.29, 1.82) is 0 Å². The second-order valence-electron chi connectivity index (χ2n) is 7.63. The molecule has 7 nitrogen and oxygen atoms in total. The standard InChI is InChI=1S/C20H20F3N5O2/c1-24-17-8-13(2-3-15(17)21)25-19(30)27-7-5-16-14(10-27)18-20(22,23)6-4-12(11-29)9-28(18)26-16/h2-3,8,12,29H,4-7,9-11H2,(H,25,30)/t12-/m1/s1. The molecule has 3 heterocycles. The highest BCUT2D eigenvalue weighted by Gasteiger charge is 2.43. The number of nitrogens with one attached hydrogen (secondary N) is 1. The van der Waals surface area contributed by atoms with Crippen LogP contribution in [0.25, 0.3) is 4.85 Å². The molecular formula is C20H20F3N5O2. The minimum atomic E-state index is -3.09. The largest absolute Gasteiger partial charge is 0.396 e. The molecule has 2 aromatic rings. The first-order valence-electron chi connectivity index (χ1n) is 9.63. The van der Waals surface area contributed by atoms with Crippen LogP contribution in [-0.4, -0.2) is 39.0 Å². The number of rotatable bonds is 2. The molecule has 0 aliphatic carbocycles. The minimum absolute atomic E-state index is 0.0211. The van der Waals surface area contributed by atoms with Gasteiger partial charge in [0.05, 0.1) is 18.8 Å². The lowest BCUT2D eigenvalue weighted by atomic mass is 9.98. The lowest BCUT2D eigenvalue weighted by Crippen LogP contribution is -2.39. The molecule has 0 unspecified atom stereocenters. The Bertz CT molecular complexity index is 1030. The van der Waals surface area contributed by atoms with Crippen LogP contribution in [0.1, 0.15) is 29.8 Å². The second kappa shape index (κ2) is 7.65. The van der Waals surface area contributed by atoms with Gasteiger partial charge in [0.1, 0.15) is 11.5 Å². The maximum Gasteiger partial charge on any atom is 0.322 e. The van der Waals surface area contributed by atoms with Crippen molar-refractivity contribution in [2.75, 3.05) is 18.5 Å². The van der Waals surface area contributed by atoms with E-state index in [-0.39, 0.29) is 55.5 Å². The first kappa shape index (κ1) is 20.2. The van der Waals surface area contributed by atoms with Crippen LogP contribution in [0.15, 0.2) is 18.2 Å². The maximum absolute atomic E-state index is 14.9. The van der Waals surface area contributed by atoms with Gasteiger partial charge in [0, 0.05) is 49.7 Å². The van der Waals surface area contributed by atoms with Crippen LogP contribution < -0.4 is 5.32 Å². The summed E-state index contributed by atoms with van der Waals surface area (Å²) in [6.45, 7) is 7.27. The van der Waals surface area contributed by atoms with E-state index < -0.39 is 17.8 Å². The summed E-state index contributed by atoms with van der Waals surface area (Å²) in [5.41, 5.74) is 0.755. The second-order valence-corrected chi connectivity index (χ2v) is 7.63. The number of carbonyl (C=O) groups is 1. The number of carbonyl (C=O) groups excluding carboxylic acids is 1. The van der Waals surface area contributed by atoms with Crippen LogP contribution in [0.2, 0.25) is 0 Å². The Kier molecular flexibility index (Phi) is 5.15. The molecule has 1 aromatic carbocycles. The highest BCUT2D eigenvalue weighted by molar-refractivity contribution is 5.90. The van der Waals surface area contributed by atoms with Crippen molar-refractivity contribution in [3.63, 3.8) is 0 Å². The van der Waals surface area contributed by atoms with Gasteiger partial charge in [0.15, 0.2) is 0 Å². The number of halogens is 3. The fourth-order valence-corrected chi connectivity index (χ4v) is 4.01. The zero-order valence-corrected chi connectivity index (χ0v) is 16.0. The van der Waals surface area contributed by atoms with Gasteiger partial charge in [-0.15, -0.1) is 0 Å². The molecular weight excluding hydrogens is 399 g/mol. The molecule has 4 rings (SSSR count). The van der Waals surface area contributed by atoms with Gasteiger partial charge in [-0.2, -0.15) is 13.9 Å². The van der Waals surface area contributed by atoms with Crippen LogP contribution in [-0.2, 0) is 25.4 Å². The van der Waals surface area contributed by atoms with E-state index in [9.17, 15) is 23.1 Å². The fraction of sp³-hybridized carbons (Fsp3) is 0.450. The molecule has 158 valence electrons. The van der Waals surface area contributed by atoms with Crippen LogP contribution in [0, 0.1) is 18.3 Å². The normalized spacial score (nSPS) is 20.0. The summed E-state index contributed by atoms with van der Waals surface area (Å²) in [5, 5.41) is 16.4. The lowest BCUT2D eigenvalue weighted by Gasteiger charge is -2.28. The molecule has 0 saturated carbocycles. The van der Waals surface area contributed by atoms with E-state index in [2.05, 4.69) is 15.3 Å². The molecule has 0 radical (unpaired) electrons. The summed E-state index contributed by atoms with van der Waals surface area (Å²) in [6, 6.07) is 3.14. The third-order valence-electron chi connectivity index (χ3n) is 5.61. The van der Waals surface area contributed by atoms with Gasteiger partial charge in [0.2, 0.25) is 5.69 Å². The highest BCUT2D eigenvalue weighted by Crippen LogP contribution is 2.41. The zero-order chi connectivity index (χ0) is 21.5. The van der Waals surface area contributed by atoms with E-state index in [0.29, 0.717) is 24.2 Å². The van der Waals surface area contributed by atoms with Gasteiger partial charge in [-0.1, -0.05) is 0 Å². The Labute approximate surface area is 170 Å². The Hall–Kier alpha value is -3.06. The number of hydrogen-bond donors (Lipinski definition) is 2. The zero-order valence-electron chi connectivity index (χ0n) is 16.0. The van der Waals surface area contributed by atoms with Crippen LogP contribution >= 0.6 is 0 Å². The van der Waals surface area contributed by atoms with Crippen molar-refractivity contribution < 1.29 is 23.1 Å². The first-order chi connectivity index (χ1) is 14.3. The summed E-state index contributed by atoms with van der Waals surface area (Å²) in [6.07, 6.45) is 0.149. The van der Waals surface area contributed by atoms with Gasteiger partial charge in [-0.05, 0) is 24.6 Å². The lowest BCUT2D eigenvalue weighted by molar-refractivity contribution is -0.0226. The Morgan fingerprint density at radius 3 is 2.97 bits per heavy atom. The van der Waals surface area contributed by atoms with Gasteiger partial charge < -0.3 is 15.3 Å². The molecule has 2 aliphatic heterocycles. The average Bonchev–Trinajstić information content (AvgIpc) is 3.04. The van der Waals surface area contributed by atoms with Crippen molar-refractivity contribution in [2.45, 2.75) is 38.3 Å². The molecule has 2 N–H and O–H groups in total. The van der Waals surface area contributed by atoms with E-state index in [0.717, 1.165) is 6.07 Å². The van der Waals surface area contributed by atoms with Crippen molar-refractivity contribution >= 4 is 17.4 Å². The van der Waals surface area contributed by atoms with Crippen molar-refractivity contribution in [2.24, 2.45) is 5.92 Å². The molecule has 0 saturated heterocycles. The van der Waals surface area contributed by atoms with Crippen LogP contribution in [0.5, 0.6) is 0 Å². The van der Waals surface area contributed by atoms with Gasteiger partial charge in [0.25, 0.3) is 5.92 Å². The topological polar surface area (TPSA) is 74.8 Å². The van der Waals surface area contributed by atoms with Crippen molar-refractivity contribution in [1.82, 2.24) is 14.7 Å². The SMILES string of the molecule is [C-]#[N+]c1cc(NC(=O)N2CCc3nn4c(c3C2)C(F)(F)CC[C@@H](CO)C4)ccc1F. The minimum Gasteiger partial charge on any atom is -0.396 e. The fourth-order valence-electron chi connectivity index (χ4n) is 4.01. The van der Waals surface area contributed by atoms with Gasteiger partial charge >= 0.3 is 6.03 Å². The molecule has 0 bridgehead atoms. The number of amides is 2. The first-order valence-corrected chi connectivity index (χ1v) is 9.63. The van der Waals surface area contributed by atoms with Gasteiger partial charge in [-0.3, -0.25) is 4.68 Å². The highest BCUT2D eigenvalue weighted by atomic mass is 19.3. The average molecular weight is 419 g/mol. The summed E-state index contributed by atoms with van der Waals surface area (Å²) >= 11 is 0. The Morgan fingerprint density at radius 2 is 2.23 bits per heavy atom. The maximum atomic E-state index is 14.9. The predicted octanol–water partition coefficient (Wildman–Crippen LogP) is 3.66. The molecule has 1 aromatic heterocycles. The number of urea groups is 1. The number of alkyl halides is 2. The summed E-state index contributed by atoms with van der Waals surface area (Å²) in [5.74, 6) is -4.06. The molecule has 2 aliphatic rings. The number of anilines is 1. The molecule has 30 heavy (non-hydrogen) atoms. The number of aromatic nitrogens is 2. The van der Waals surface area contributed by atoms with E-state index in [4.69, 9.17) is 6.57 Å². The number of benzene rings is 1. The monoisotopic (exact) mass is 419 g/mol. The van der Waals surface area contributed by atoms with E-state index in [1.807, 2.05) is 0 Å². The quantitative estimate of drug-likeness (QED) is 0.730. The van der Waals surface area contributed by atoms with E-state index in [1.54, 1.807) is 0 Å². The van der Waals surface area contributed by atoms with Crippen LogP contribution in [0.3, 0.4) is 0 Å². The molecule has 0 fully saturated rings. The van der Waals surface area contributed by atoms with E-state index in [1.165, 1.54) is 21.7 Å². The van der Waals surface area contributed by atoms with E-state index >= 15 is 0 Å². The summed E-state index contributed by atoms with van der Waals surface area (Å²) < 4.78 is 44.5. The van der Waals surface area contributed by atoms with Crippen LogP contribution in [0.4, 0.5) is 29.3 Å². The van der Waals surface area contributed by atoms with Crippen molar-refractivity contribution in [3.05, 3.63) is 52.4 Å². The number of nitrogens with zero attached hydrogens (tertiary/aromatic N) is 4. The smallest absolute Gasteiger partial charge is 0.322 e. The third kappa shape index (κ3) is 3.61. The number of aliphatic hydroxyl groups is 1. The molecule has 10 heteroatoms. The third-order valence-corrected chi connectivity index (χ3v) is 5.61. The number of fused-ring (bicyclic) bond motifs is 3. The number of aliphatic hydroxyl groups excluding tert-OH is 1. The predicted molar refractivity (Wildman–Crippen MR) is 102 cm³/mol. The molecule has 2 amide bonds. The molecule has 1 atom stereocenters. The number of hydrogen-bond acceptors (Lipinski definition) is 3. The summed E-state index contributed by atoms with van der Waals surface area (Å²) in [4.78, 5) is 17.1. The van der Waals surface area contributed by atoms with Crippen molar-refractivity contribution in [3.8, 4) is 0 Å².